The summed E-state index contributed by atoms with van der Waals surface area (Å²) in [6.45, 7) is 2.04. The first-order valence-corrected chi connectivity index (χ1v) is 8.38. The first-order chi connectivity index (χ1) is 11.8. The minimum absolute atomic E-state index is 0.372. The van der Waals surface area contributed by atoms with Gasteiger partial charge in [0.15, 0.2) is 0 Å². The third kappa shape index (κ3) is 4.01. The molecule has 1 aromatic carbocycles. The van der Waals surface area contributed by atoms with E-state index in [9.17, 15) is 4.79 Å². The molecule has 6 nitrogen and oxygen atoms in total. The number of para-hydroxylation sites is 2. The summed E-state index contributed by atoms with van der Waals surface area (Å²) in [5.74, 6) is 0. The number of hydrogen-bond acceptors (Lipinski definition) is 4. The fraction of sp³-hybridized carbons (Fsp3) is 0.389. The van der Waals surface area contributed by atoms with Gasteiger partial charge in [-0.3, -0.25) is 0 Å². The number of aliphatic imine (C=N–C) groups is 1. The van der Waals surface area contributed by atoms with Gasteiger partial charge in [-0.25, -0.2) is 4.79 Å². The molecule has 0 atom stereocenters. The maximum atomic E-state index is 12.2. The second-order valence-electron chi connectivity index (χ2n) is 6.02. The fourth-order valence-electron chi connectivity index (χ4n) is 3.06. The van der Waals surface area contributed by atoms with E-state index in [2.05, 4.69) is 20.4 Å². The van der Waals surface area contributed by atoms with Crippen LogP contribution in [0.2, 0.25) is 0 Å². The highest BCUT2D eigenvalue weighted by Crippen LogP contribution is 2.28. The minimum Gasteiger partial charge on any atom is -0.411 e. The maximum absolute atomic E-state index is 12.2. The first kappa shape index (κ1) is 16.2. The van der Waals surface area contributed by atoms with Crippen molar-refractivity contribution in [1.82, 2.24) is 0 Å². The van der Waals surface area contributed by atoms with Gasteiger partial charge in [0.1, 0.15) is 0 Å². The van der Waals surface area contributed by atoms with Crippen LogP contribution in [0.25, 0.3) is 0 Å². The topological polar surface area (TPSA) is 77.3 Å². The SMILES string of the molecule is O=C(N=C1C=CC(=NO)CC1)Nc1ccccc1N1CCCCC1. The van der Waals surface area contributed by atoms with Gasteiger partial charge >= 0.3 is 6.03 Å². The number of amides is 2. The molecular weight excluding hydrogens is 304 g/mol. The Morgan fingerprint density at radius 3 is 2.46 bits per heavy atom. The Labute approximate surface area is 141 Å². The molecule has 6 heteroatoms. The minimum atomic E-state index is -0.372. The van der Waals surface area contributed by atoms with E-state index < -0.39 is 0 Å². The number of benzene rings is 1. The van der Waals surface area contributed by atoms with E-state index in [0.29, 0.717) is 24.3 Å². The number of hydrogen-bond donors (Lipinski definition) is 2. The quantitative estimate of drug-likeness (QED) is 0.640. The number of rotatable bonds is 2. The summed E-state index contributed by atoms with van der Waals surface area (Å²) >= 11 is 0. The van der Waals surface area contributed by atoms with Gasteiger partial charge in [0.05, 0.1) is 17.1 Å². The van der Waals surface area contributed by atoms with Crippen molar-refractivity contribution in [3.8, 4) is 0 Å². The van der Waals surface area contributed by atoms with E-state index in [4.69, 9.17) is 5.21 Å². The molecule has 1 saturated heterocycles. The Kier molecular flexibility index (Phi) is 5.25. The van der Waals surface area contributed by atoms with Gasteiger partial charge in [-0.15, -0.1) is 0 Å². The predicted molar refractivity (Wildman–Crippen MR) is 96.6 cm³/mol. The molecule has 0 saturated carbocycles. The summed E-state index contributed by atoms with van der Waals surface area (Å²) in [5.41, 5.74) is 3.14. The average molecular weight is 326 g/mol. The standard InChI is InChI=1S/C18H22N4O2/c23-18(19-14-8-10-15(21-24)11-9-14)20-16-6-2-3-7-17(16)22-12-4-1-5-13-22/h2-3,6-8,10,24H,1,4-5,9,11-13H2,(H,20,23). The molecule has 126 valence electrons. The largest absolute Gasteiger partial charge is 0.411 e. The van der Waals surface area contributed by atoms with Gasteiger partial charge in [0, 0.05) is 18.8 Å². The van der Waals surface area contributed by atoms with Gasteiger partial charge < -0.3 is 15.4 Å². The maximum Gasteiger partial charge on any atom is 0.345 e. The summed E-state index contributed by atoms with van der Waals surface area (Å²) in [6.07, 6.45) is 8.21. The van der Waals surface area contributed by atoms with E-state index in [0.717, 1.165) is 24.5 Å². The Morgan fingerprint density at radius 2 is 1.75 bits per heavy atom. The summed E-state index contributed by atoms with van der Waals surface area (Å²) in [4.78, 5) is 18.7. The Hall–Kier alpha value is -2.63. The van der Waals surface area contributed by atoms with Crippen LogP contribution in [-0.2, 0) is 0 Å². The lowest BCUT2D eigenvalue weighted by Gasteiger charge is -2.30. The third-order valence-electron chi connectivity index (χ3n) is 4.32. The highest BCUT2D eigenvalue weighted by atomic mass is 16.4. The van der Waals surface area contributed by atoms with E-state index >= 15 is 0 Å². The van der Waals surface area contributed by atoms with Crippen molar-refractivity contribution in [1.29, 1.82) is 0 Å². The molecule has 1 heterocycles. The van der Waals surface area contributed by atoms with Crippen LogP contribution in [0.5, 0.6) is 0 Å². The van der Waals surface area contributed by atoms with Gasteiger partial charge in [0.25, 0.3) is 0 Å². The fourth-order valence-corrected chi connectivity index (χ4v) is 3.06. The van der Waals surface area contributed by atoms with Crippen LogP contribution in [-0.4, -0.2) is 35.8 Å². The number of oxime groups is 1. The van der Waals surface area contributed by atoms with Gasteiger partial charge in [-0.1, -0.05) is 17.3 Å². The summed E-state index contributed by atoms with van der Waals surface area (Å²) in [7, 11) is 0. The van der Waals surface area contributed by atoms with Gasteiger partial charge in [0.2, 0.25) is 0 Å². The van der Waals surface area contributed by atoms with Crippen molar-refractivity contribution in [2.45, 2.75) is 32.1 Å². The van der Waals surface area contributed by atoms with Crippen LogP contribution >= 0.6 is 0 Å². The van der Waals surface area contributed by atoms with Crippen LogP contribution in [0, 0.1) is 0 Å². The zero-order chi connectivity index (χ0) is 16.8. The zero-order valence-corrected chi connectivity index (χ0v) is 13.6. The number of urea groups is 1. The van der Waals surface area contributed by atoms with Crippen LogP contribution in [0.15, 0.2) is 46.6 Å². The highest BCUT2D eigenvalue weighted by Gasteiger charge is 2.15. The number of piperidine rings is 1. The average Bonchev–Trinajstić information content (AvgIpc) is 2.63. The lowest BCUT2D eigenvalue weighted by atomic mass is 10.0. The lowest BCUT2D eigenvalue weighted by Crippen LogP contribution is -2.30. The number of allylic oxidation sites excluding steroid dienone is 2. The molecule has 2 N–H and O–H groups in total. The molecule has 0 bridgehead atoms. The first-order valence-electron chi connectivity index (χ1n) is 8.38. The Bertz CT molecular complexity index is 688. The second kappa shape index (κ2) is 7.77. The number of carbonyl (C=O) groups excluding carboxylic acids is 1. The van der Waals surface area contributed by atoms with Crippen molar-refractivity contribution in [2.75, 3.05) is 23.3 Å². The second-order valence-corrected chi connectivity index (χ2v) is 6.02. The lowest BCUT2D eigenvalue weighted by molar-refractivity contribution is 0.259. The van der Waals surface area contributed by atoms with Crippen molar-refractivity contribution in [3.63, 3.8) is 0 Å². The third-order valence-corrected chi connectivity index (χ3v) is 4.32. The predicted octanol–water partition coefficient (Wildman–Crippen LogP) is 3.83. The molecule has 0 spiro atoms. The number of nitrogens with zero attached hydrogens (tertiary/aromatic N) is 3. The Balaban J connectivity index is 1.71. The van der Waals surface area contributed by atoms with Crippen molar-refractivity contribution in [3.05, 3.63) is 36.4 Å². The van der Waals surface area contributed by atoms with Gasteiger partial charge in [-0.05, 0) is 56.4 Å². The molecule has 0 aromatic heterocycles. The normalized spacial score (nSPS) is 21.2. The summed E-state index contributed by atoms with van der Waals surface area (Å²) in [5, 5.41) is 14.8. The summed E-state index contributed by atoms with van der Waals surface area (Å²) in [6, 6.07) is 7.49. The van der Waals surface area contributed by atoms with E-state index in [1.54, 1.807) is 12.2 Å². The molecule has 2 aliphatic rings. The smallest absolute Gasteiger partial charge is 0.345 e. The van der Waals surface area contributed by atoms with Crippen LogP contribution < -0.4 is 10.2 Å². The van der Waals surface area contributed by atoms with Crippen molar-refractivity contribution < 1.29 is 10.0 Å². The molecule has 1 aliphatic carbocycles. The molecular formula is C18H22N4O2. The van der Waals surface area contributed by atoms with Crippen LogP contribution in [0.3, 0.4) is 0 Å². The molecule has 1 fully saturated rings. The molecule has 2 amide bonds. The van der Waals surface area contributed by atoms with Crippen molar-refractivity contribution >= 4 is 28.8 Å². The van der Waals surface area contributed by atoms with E-state index in [-0.39, 0.29) is 6.03 Å². The number of anilines is 2. The monoisotopic (exact) mass is 326 g/mol. The van der Waals surface area contributed by atoms with Crippen LogP contribution in [0.4, 0.5) is 16.2 Å². The number of nitrogens with one attached hydrogen (secondary N) is 1. The molecule has 1 aliphatic heterocycles. The van der Waals surface area contributed by atoms with Crippen molar-refractivity contribution in [2.24, 2.45) is 10.1 Å². The molecule has 0 unspecified atom stereocenters. The summed E-state index contributed by atoms with van der Waals surface area (Å²) < 4.78 is 0. The molecule has 24 heavy (non-hydrogen) atoms. The van der Waals surface area contributed by atoms with E-state index in [1.807, 2.05) is 24.3 Å². The molecule has 1 aromatic rings. The highest BCUT2D eigenvalue weighted by molar-refractivity contribution is 6.13. The zero-order valence-electron chi connectivity index (χ0n) is 13.6. The Morgan fingerprint density at radius 1 is 1.04 bits per heavy atom. The molecule has 3 rings (SSSR count). The van der Waals surface area contributed by atoms with Gasteiger partial charge in [-0.2, -0.15) is 4.99 Å². The number of carbonyl (C=O) groups is 1. The van der Waals surface area contributed by atoms with Crippen LogP contribution in [0.1, 0.15) is 32.1 Å². The molecule has 0 radical (unpaired) electrons. The van der Waals surface area contributed by atoms with E-state index in [1.165, 1.54) is 19.3 Å².